The van der Waals surface area contributed by atoms with Crippen LogP contribution in [0.15, 0.2) is 0 Å². The van der Waals surface area contributed by atoms with Crippen molar-refractivity contribution in [2.24, 2.45) is 0 Å². The summed E-state index contributed by atoms with van der Waals surface area (Å²) in [7, 11) is -3.39. The van der Waals surface area contributed by atoms with Crippen LogP contribution in [0.2, 0.25) is 0 Å². The van der Waals surface area contributed by atoms with E-state index in [1.165, 1.54) is 0 Å². The van der Waals surface area contributed by atoms with Crippen LogP contribution in [0.25, 0.3) is 0 Å². The number of ether oxygens (including phenoxy) is 1. The lowest BCUT2D eigenvalue weighted by atomic mass is 10.3. The molecule has 5 nitrogen and oxygen atoms in total. The number of nitrogens with zero attached hydrogens (tertiary/aromatic N) is 1. The molecule has 90 valence electrons. The van der Waals surface area contributed by atoms with E-state index in [0.29, 0.717) is 25.5 Å². The fourth-order valence-corrected chi connectivity index (χ4v) is 2.35. The molecule has 0 bridgehead atoms. The van der Waals surface area contributed by atoms with E-state index in [-0.39, 0.29) is 6.10 Å². The number of rotatable bonds is 5. The molecule has 0 aliphatic carbocycles. The van der Waals surface area contributed by atoms with Crippen LogP contribution in [-0.2, 0) is 19.0 Å². The number of thiol groups is 1. The van der Waals surface area contributed by atoms with Gasteiger partial charge in [-0.2, -0.15) is 21.0 Å². The van der Waals surface area contributed by atoms with Crippen molar-refractivity contribution in [2.45, 2.75) is 6.10 Å². The van der Waals surface area contributed by atoms with Gasteiger partial charge in [-0.15, -0.1) is 0 Å². The van der Waals surface area contributed by atoms with Crippen molar-refractivity contribution in [3.05, 3.63) is 0 Å². The van der Waals surface area contributed by atoms with E-state index in [0.717, 1.165) is 19.3 Å². The van der Waals surface area contributed by atoms with Crippen LogP contribution >= 0.6 is 12.6 Å². The monoisotopic (exact) mass is 255 g/mol. The molecule has 0 radical (unpaired) electrons. The van der Waals surface area contributed by atoms with Crippen LogP contribution in [0, 0.1) is 0 Å². The Hall–Kier alpha value is 0.180. The minimum atomic E-state index is -3.39. The van der Waals surface area contributed by atoms with Gasteiger partial charge in [-0.25, -0.2) is 0 Å². The zero-order chi connectivity index (χ0) is 11.3. The Bertz CT molecular complexity index is 274. The fourth-order valence-electron chi connectivity index (χ4n) is 1.44. The summed E-state index contributed by atoms with van der Waals surface area (Å²) < 4.78 is 32.0. The standard InChI is InChI=1S/C8H17NO4S2/c1-15(10,11)13-8(7-14)6-9-2-4-12-5-3-9/h8,14H,2-7H2,1H3. The second-order valence-corrected chi connectivity index (χ2v) is 5.48. The molecule has 0 N–H and O–H groups in total. The maximum atomic E-state index is 10.9. The van der Waals surface area contributed by atoms with Crippen molar-refractivity contribution in [2.75, 3.05) is 44.9 Å². The maximum absolute atomic E-state index is 10.9. The summed E-state index contributed by atoms with van der Waals surface area (Å²) in [6, 6.07) is 0. The van der Waals surface area contributed by atoms with Gasteiger partial charge in [-0.1, -0.05) is 0 Å². The summed E-state index contributed by atoms with van der Waals surface area (Å²) in [5.41, 5.74) is 0. The van der Waals surface area contributed by atoms with Gasteiger partial charge in [0, 0.05) is 25.4 Å². The molecule has 1 aliphatic heterocycles. The molecule has 1 saturated heterocycles. The quantitative estimate of drug-likeness (QED) is 0.535. The third-order valence-electron chi connectivity index (χ3n) is 2.08. The van der Waals surface area contributed by atoms with Gasteiger partial charge in [0.15, 0.2) is 0 Å². The molecule has 1 rings (SSSR count). The smallest absolute Gasteiger partial charge is 0.264 e. The summed E-state index contributed by atoms with van der Waals surface area (Å²) in [5, 5.41) is 0. The van der Waals surface area contributed by atoms with Crippen molar-refractivity contribution >= 4 is 22.7 Å². The number of hydrogen-bond donors (Lipinski definition) is 1. The second kappa shape index (κ2) is 6.05. The van der Waals surface area contributed by atoms with Crippen LogP contribution in [0.3, 0.4) is 0 Å². The first-order valence-electron chi connectivity index (χ1n) is 4.80. The number of hydrogen-bond acceptors (Lipinski definition) is 6. The summed E-state index contributed by atoms with van der Waals surface area (Å²) in [4.78, 5) is 2.12. The third-order valence-corrected chi connectivity index (χ3v) is 3.11. The minimum absolute atomic E-state index is 0.374. The lowest BCUT2D eigenvalue weighted by molar-refractivity contribution is 0.0235. The molecule has 0 aromatic heterocycles. The van der Waals surface area contributed by atoms with Crippen LogP contribution in [0.4, 0.5) is 0 Å². The zero-order valence-electron chi connectivity index (χ0n) is 8.76. The SMILES string of the molecule is CS(=O)(=O)OC(CS)CN1CCOCC1. The topological polar surface area (TPSA) is 55.8 Å². The molecule has 1 atom stereocenters. The summed E-state index contributed by atoms with van der Waals surface area (Å²) >= 11 is 4.08. The van der Waals surface area contributed by atoms with E-state index in [1.807, 2.05) is 0 Å². The van der Waals surface area contributed by atoms with Gasteiger partial charge < -0.3 is 4.74 Å². The van der Waals surface area contributed by atoms with Crippen molar-refractivity contribution in [3.8, 4) is 0 Å². The van der Waals surface area contributed by atoms with E-state index in [4.69, 9.17) is 8.92 Å². The highest BCUT2D eigenvalue weighted by Gasteiger charge is 2.19. The van der Waals surface area contributed by atoms with Gasteiger partial charge in [0.2, 0.25) is 0 Å². The molecule has 0 aromatic carbocycles. The minimum Gasteiger partial charge on any atom is -0.379 e. The molecular formula is C8H17NO4S2. The van der Waals surface area contributed by atoms with Gasteiger partial charge in [-0.3, -0.25) is 9.08 Å². The molecule has 1 aliphatic rings. The van der Waals surface area contributed by atoms with Crippen molar-refractivity contribution in [1.82, 2.24) is 4.90 Å². The van der Waals surface area contributed by atoms with Gasteiger partial charge in [-0.05, 0) is 0 Å². The van der Waals surface area contributed by atoms with Gasteiger partial charge in [0.05, 0.1) is 25.6 Å². The van der Waals surface area contributed by atoms with Crippen molar-refractivity contribution < 1.29 is 17.3 Å². The van der Waals surface area contributed by atoms with Gasteiger partial charge >= 0.3 is 0 Å². The Morgan fingerprint density at radius 2 is 2.07 bits per heavy atom. The first kappa shape index (κ1) is 13.2. The predicted molar refractivity (Wildman–Crippen MR) is 60.8 cm³/mol. The molecule has 1 heterocycles. The van der Waals surface area contributed by atoms with E-state index in [1.54, 1.807) is 0 Å². The highest BCUT2D eigenvalue weighted by atomic mass is 32.2. The lowest BCUT2D eigenvalue weighted by Crippen LogP contribution is -2.42. The lowest BCUT2D eigenvalue weighted by Gasteiger charge is -2.29. The maximum Gasteiger partial charge on any atom is 0.264 e. The summed E-state index contributed by atoms with van der Waals surface area (Å²) in [6.45, 7) is 3.60. The Balaban J connectivity index is 2.38. The van der Waals surface area contributed by atoms with Crippen LogP contribution in [0.1, 0.15) is 0 Å². The Morgan fingerprint density at radius 3 is 2.53 bits per heavy atom. The Labute approximate surface area is 96.3 Å². The van der Waals surface area contributed by atoms with Crippen molar-refractivity contribution in [3.63, 3.8) is 0 Å². The van der Waals surface area contributed by atoms with Crippen LogP contribution in [-0.4, -0.2) is 64.3 Å². The molecule has 15 heavy (non-hydrogen) atoms. The zero-order valence-corrected chi connectivity index (χ0v) is 10.5. The average Bonchev–Trinajstić information content (AvgIpc) is 2.16. The van der Waals surface area contributed by atoms with Gasteiger partial charge in [0.1, 0.15) is 0 Å². The van der Waals surface area contributed by atoms with Crippen molar-refractivity contribution in [1.29, 1.82) is 0 Å². The molecule has 0 amide bonds. The molecule has 0 spiro atoms. The second-order valence-electron chi connectivity index (χ2n) is 3.52. The number of morpholine rings is 1. The molecule has 0 saturated carbocycles. The fraction of sp³-hybridized carbons (Fsp3) is 1.00. The highest BCUT2D eigenvalue weighted by molar-refractivity contribution is 7.86. The Kier molecular flexibility index (Phi) is 5.34. The van der Waals surface area contributed by atoms with Crippen LogP contribution < -0.4 is 0 Å². The van der Waals surface area contributed by atoms with E-state index in [2.05, 4.69) is 17.5 Å². The molecule has 7 heteroatoms. The van der Waals surface area contributed by atoms with Crippen LogP contribution in [0.5, 0.6) is 0 Å². The van der Waals surface area contributed by atoms with E-state index >= 15 is 0 Å². The van der Waals surface area contributed by atoms with E-state index < -0.39 is 10.1 Å². The first-order valence-corrected chi connectivity index (χ1v) is 7.25. The normalized spacial score (nSPS) is 21.5. The Morgan fingerprint density at radius 1 is 1.47 bits per heavy atom. The average molecular weight is 255 g/mol. The molecule has 1 unspecified atom stereocenters. The van der Waals surface area contributed by atoms with Gasteiger partial charge in [0.25, 0.3) is 10.1 Å². The van der Waals surface area contributed by atoms with E-state index in [9.17, 15) is 8.42 Å². The summed E-state index contributed by atoms with van der Waals surface area (Å²) in [6.07, 6.45) is 0.685. The molecular weight excluding hydrogens is 238 g/mol. The molecule has 1 fully saturated rings. The summed E-state index contributed by atoms with van der Waals surface area (Å²) in [5.74, 6) is 0.393. The largest absolute Gasteiger partial charge is 0.379 e. The highest BCUT2D eigenvalue weighted by Crippen LogP contribution is 2.05. The first-order chi connectivity index (χ1) is 7.01. The third kappa shape index (κ3) is 5.72. The molecule has 0 aromatic rings. The predicted octanol–water partition coefficient (Wildman–Crippen LogP) is -0.407.